The van der Waals surface area contributed by atoms with Crippen molar-refractivity contribution < 1.29 is 35.8 Å². The van der Waals surface area contributed by atoms with E-state index in [0.717, 1.165) is 48.5 Å². The highest BCUT2D eigenvalue weighted by Crippen LogP contribution is 2.54. The monoisotopic (exact) mass is 546 g/mol. The SMILES string of the molecule is Cc1cc(N)ccc1Oc1ccc(C(F)(c2ccc(Oc3ccc(N)cc3C)cc2)C(F)(F)C(F)(F)F)cc1. The van der Waals surface area contributed by atoms with E-state index in [1.807, 2.05) is 0 Å². The quantitative estimate of drug-likeness (QED) is 0.180. The number of anilines is 2. The molecule has 0 saturated carbocycles. The normalized spacial score (nSPS) is 12.3. The predicted octanol–water partition coefficient (Wildman–Crippen LogP) is 8.46. The van der Waals surface area contributed by atoms with Crippen LogP contribution in [0.25, 0.3) is 0 Å². The maximum atomic E-state index is 16.3. The second kappa shape index (κ2) is 10.1. The van der Waals surface area contributed by atoms with Crippen molar-refractivity contribution in [3.05, 3.63) is 107 Å². The van der Waals surface area contributed by atoms with E-state index in [1.165, 1.54) is 0 Å². The topological polar surface area (TPSA) is 70.5 Å². The highest BCUT2D eigenvalue weighted by molar-refractivity contribution is 5.51. The van der Waals surface area contributed by atoms with Crippen LogP contribution < -0.4 is 20.9 Å². The van der Waals surface area contributed by atoms with E-state index in [0.29, 0.717) is 34.0 Å². The maximum absolute atomic E-state index is 16.3. The third-order valence-electron chi connectivity index (χ3n) is 6.15. The van der Waals surface area contributed by atoms with Gasteiger partial charge in [0.25, 0.3) is 0 Å². The van der Waals surface area contributed by atoms with E-state index in [1.54, 1.807) is 50.2 Å². The Labute approximate surface area is 220 Å². The Balaban J connectivity index is 1.69. The summed E-state index contributed by atoms with van der Waals surface area (Å²) in [5, 5.41) is 0. The van der Waals surface area contributed by atoms with Crippen molar-refractivity contribution in [1.29, 1.82) is 0 Å². The van der Waals surface area contributed by atoms with Crippen LogP contribution >= 0.6 is 0 Å². The molecule has 0 spiro atoms. The third kappa shape index (κ3) is 5.32. The highest BCUT2D eigenvalue weighted by Gasteiger charge is 2.72. The molecule has 0 aliphatic heterocycles. The zero-order chi connectivity index (χ0) is 28.6. The number of nitrogens with two attached hydrogens (primary N) is 2. The molecule has 0 amide bonds. The lowest BCUT2D eigenvalue weighted by Crippen LogP contribution is -2.53. The molecule has 4 aromatic rings. The van der Waals surface area contributed by atoms with Crippen molar-refractivity contribution >= 4 is 11.4 Å². The van der Waals surface area contributed by atoms with Crippen LogP contribution in [-0.4, -0.2) is 12.1 Å². The lowest BCUT2D eigenvalue weighted by Gasteiger charge is -2.35. The van der Waals surface area contributed by atoms with Crippen LogP contribution in [0.2, 0.25) is 0 Å². The van der Waals surface area contributed by atoms with Crippen molar-refractivity contribution in [2.75, 3.05) is 11.5 Å². The van der Waals surface area contributed by atoms with Gasteiger partial charge >= 0.3 is 12.1 Å². The van der Waals surface area contributed by atoms with Crippen molar-refractivity contribution in [2.24, 2.45) is 0 Å². The van der Waals surface area contributed by atoms with Gasteiger partial charge in [0.2, 0.25) is 5.67 Å². The van der Waals surface area contributed by atoms with Gasteiger partial charge in [-0.05, 0) is 85.6 Å². The van der Waals surface area contributed by atoms with Gasteiger partial charge < -0.3 is 20.9 Å². The minimum absolute atomic E-state index is 0.104. The molecular weight excluding hydrogens is 522 g/mol. The summed E-state index contributed by atoms with van der Waals surface area (Å²) in [7, 11) is 0. The first kappa shape index (κ1) is 27.7. The summed E-state index contributed by atoms with van der Waals surface area (Å²) >= 11 is 0. The molecule has 4 N–H and O–H groups in total. The van der Waals surface area contributed by atoms with Crippen LogP contribution in [0.15, 0.2) is 84.9 Å². The molecule has 0 atom stereocenters. The molecule has 0 fully saturated rings. The van der Waals surface area contributed by atoms with Gasteiger partial charge in [0, 0.05) is 22.5 Å². The van der Waals surface area contributed by atoms with Gasteiger partial charge in [-0.15, -0.1) is 0 Å². The summed E-state index contributed by atoms with van der Waals surface area (Å²) in [5.41, 5.74) is 7.66. The van der Waals surface area contributed by atoms with Crippen LogP contribution in [0.4, 0.5) is 37.7 Å². The van der Waals surface area contributed by atoms with Crippen molar-refractivity contribution in [3.63, 3.8) is 0 Å². The minimum atomic E-state index is -6.19. The number of ether oxygens (including phenoxy) is 2. The largest absolute Gasteiger partial charge is 0.457 e. The molecule has 0 saturated heterocycles. The molecule has 4 aromatic carbocycles. The third-order valence-corrected chi connectivity index (χ3v) is 6.15. The lowest BCUT2D eigenvalue weighted by molar-refractivity contribution is -0.323. The van der Waals surface area contributed by atoms with Gasteiger partial charge in [0.1, 0.15) is 23.0 Å². The molecule has 0 heterocycles. The molecule has 0 radical (unpaired) electrons. The van der Waals surface area contributed by atoms with E-state index in [2.05, 4.69) is 0 Å². The molecule has 0 aliphatic carbocycles. The number of benzene rings is 4. The second-order valence-corrected chi connectivity index (χ2v) is 9.03. The van der Waals surface area contributed by atoms with E-state index in [-0.39, 0.29) is 11.5 Å². The van der Waals surface area contributed by atoms with Gasteiger partial charge in [-0.1, -0.05) is 24.3 Å². The van der Waals surface area contributed by atoms with Gasteiger partial charge in [-0.2, -0.15) is 22.0 Å². The standard InChI is InChI=1S/C29H24F6N2O2/c1-17-15-21(36)7-13-25(17)38-23-9-3-19(4-10-23)27(30,28(31,32)29(33,34)35)20-5-11-24(12-6-20)39-26-14-8-22(37)16-18(26)2/h3-16H,36-37H2,1-2H3. The van der Waals surface area contributed by atoms with Crippen molar-refractivity contribution in [1.82, 2.24) is 0 Å². The number of hydrogen-bond donors (Lipinski definition) is 2. The first-order valence-electron chi connectivity index (χ1n) is 11.6. The van der Waals surface area contributed by atoms with Gasteiger partial charge in [-0.3, -0.25) is 0 Å². The van der Waals surface area contributed by atoms with Crippen LogP contribution in [0.3, 0.4) is 0 Å². The average molecular weight is 547 g/mol. The highest BCUT2D eigenvalue weighted by atomic mass is 19.4. The Morgan fingerprint density at radius 2 is 0.897 bits per heavy atom. The summed E-state index contributed by atoms with van der Waals surface area (Å²) < 4.78 is 97.9. The average Bonchev–Trinajstić information content (AvgIpc) is 2.87. The first-order chi connectivity index (χ1) is 18.2. The minimum Gasteiger partial charge on any atom is -0.457 e. The predicted molar refractivity (Wildman–Crippen MR) is 137 cm³/mol. The summed E-state index contributed by atoms with van der Waals surface area (Å²) in [6, 6.07) is 17.4. The van der Waals surface area contributed by atoms with Crippen molar-refractivity contribution in [2.45, 2.75) is 31.6 Å². The van der Waals surface area contributed by atoms with Crippen molar-refractivity contribution in [3.8, 4) is 23.0 Å². The maximum Gasteiger partial charge on any atom is 0.457 e. The summed E-state index contributed by atoms with van der Waals surface area (Å²) in [6.07, 6.45) is -6.19. The van der Waals surface area contributed by atoms with Crippen LogP contribution in [0.1, 0.15) is 22.3 Å². The Morgan fingerprint density at radius 1 is 0.538 bits per heavy atom. The second-order valence-electron chi connectivity index (χ2n) is 9.03. The number of aryl methyl sites for hydroxylation is 2. The Bertz CT molecular complexity index is 1370. The zero-order valence-corrected chi connectivity index (χ0v) is 20.8. The molecule has 0 aliphatic rings. The summed E-state index contributed by atoms with van der Waals surface area (Å²) in [6.45, 7) is 3.44. The Hall–Kier alpha value is -4.34. The van der Waals surface area contributed by atoms with Crippen LogP contribution in [0.5, 0.6) is 23.0 Å². The number of hydrogen-bond acceptors (Lipinski definition) is 4. The van der Waals surface area contributed by atoms with E-state index in [9.17, 15) is 22.0 Å². The molecule has 10 heteroatoms. The first-order valence-corrected chi connectivity index (χ1v) is 11.6. The van der Waals surface area contributed by atoms with E-state index in [4.69, 9.17) is 20.9 Å². The summed E-state index contributed by atoms with van der Waals surface area (Å²) in [4.78, 5) is 0. The van der Waals surface area contributed by atoms with Gasteiger partial charge in [-0.25, -0.2) is 4.39 Å². The number of rotatable bonds is 7. The Kier molecular flexibility index (Phi) is 7.16. The number of nitrogen functional groups attached to an aromatic ring is 2. The van der Waals surface area contributed by atoms with Gasteiger partial charge in [0.15, 0.2) is 0 Å². The molecule has 0 unspecified atom stereocenters. The summed E-state index contributed by atoms with van der Waals surface area (Å²) in [5.74, 6) is -4.79. The van der Waals surface area contributed by atoms with Gasteiger partial charge in [0.05, 0.1) is 0 Å². The van der Waals surface area contributed by atoms with E-state index >= 15 is 4.39 Å². The molecule has 4 rings (SSSR count). The van der Waals surface area contributed by atoms with Crippen LogP contribution in [0, 0.1) is 13.8 Å². The fourth-order valence-electron chi connectivity index (χ4n) is 4.06. The number of alkyl halides is 6. The molecule has 0 bridgehead atoms. The molecular formula is C29H24F6N2O2. The number of halogens is 6. The Morgan fingerprint density at radius 3 is 1.21 bits per heavy atom. The molecule has 4 nitrogen and oxygen atoms in total. The molecule has 39 heavy (non-hydrogen) atoms. The fraction of sp³-hybridized carbons (Fsp3) is 0.172. The smallest absolute Gasteiger partial charge is 0.457 e. The lowest BCUT2D eigenvalue weighted by atomic mass is 9.82. The zero-order valence-electron chi connectivity index (χ0n) is 20.8. The van der Waals surface area contributed by atoms with Crippen LogP contribution in [-0.2, 0) is 5.67 Å². The molecule has 0 aromatic heterocycles. The fourth-order valence-corrected chi connectivity index (χ4v) is 4.06. The molecule has 204 valence electrons. The van der Waals surface area contributed by atoms with E-state index < -0.39 is 28.9 Å².